The predicted molar refractivity (Wildman–Crippen MR) is 73.3 cm³/mol. The summed E-state index contributed by atoms with van der Waals surface area (Å²) in [6, 6.07) is 17.4. The highest BCUT2D eigenvalue weighted by atomic mass is 16.6. The van der Waals surface area contributed by atoms with Crippen LogP contribution in [0.5, 0.6) is 11.5 Å². The van der Waals surface area contributed by atoms with Crippen LogP contribution in [0.2, 0.25) is 0 Å². The zero-order valence-corrected chi connectivity index (χ0v) is 10.9. The van der Waals surface area contributed by atoms with E-state index in [0.29, 0.717) is 17.1 Å². The minimum atomic E-state index is -0.715. The largest absolute Gasteiger partial charge is 0.479 e. The Hall–Kier alpha value is -2.80. The smallest absolute Gasteiger partial charge is 0.352 e. The zero-order valence-electron chi connectivity index (χ0n) is 10.9. The Labute approximate surface area is 117 Å². The van der Waals surface area contributed by atoms with Crippen molar-refractivity contribution in [2.45, 2.75) is 13.0 Å². The fourth-order valence-corrected chi connectivity index (χ4v) is 1.55. The molecule has 0 bridgehead atoms. The van der Waals surface area contributed by atoms with E-state index in [1.54, 1.807) is 43.3 Å². The summed E-state index contributed by atoms with van der Waals surface area (Å²) in [5.74, 6) is 0.507. The molecule has 2 aromatic carbocycles. The van der Waals surface area contributed by atoms with Crippen LogP contribution in [0.3, 0.4) is 0 Å². The average Bonchev–Trinajstić information content (AvgIpc) is 2.49. The number of ether oxygens (including phenoxy) is 2. The highest BCUT2D eigenvalue weighted by Gasteiger charge is 2.17. The Balaban J connectivity index is 1.95. The standard InChI is InChI=1S/C16H13NO3/c1-12(19-14-5-3-2-4-6-14)16(18)20-15-9-7-13(11-17)8-10-15/h2-10,12H,1H3. The Bertz CT molecular complexity index is 614. The molecule has 0 radical (unpaired) electrons. The zero-order chi connectivity index (χ0) is 14.4. The first kappa shape index (κ1) is 13.6. The number of rotatable bonds is 4. The fourth-order valence-electron chi connectivity index (χ4n) is 1.55. The Morgan fingerprint density at radius 1 is 1.05 bits per heavy atom. The Morgan fingerprint density at radius 3 is 2.30 bits per heavy atom. The van der Waals surface area contributed by atoms with E-state index in [2.05, 4.69) is 0 Å². The van der Waals surface area contributed by atoms with Crippen molar-refractivity contribution in [2.24, 2.45) is 0 Å². The van der Waals surface area contributed by atoms with Crippen molar-refractivity contribution >= 4 is 5.97 Å². The van der Waals surface area contributed by atoms with Gasteiger partial charge in [-0.2, -0.15) is 5.26 Å². The molecule has 0 spiro atoms. The summed E-state index contributed by atoms with van der Waals surface area (Å²) < 4.78 is 10.6. The summed E-state index contributed by atoms with van der Waals surface area (Å²) in [5, 5.41) is 8.68. The molecule has 100 valence electrons. The second-order valence-corrected chi connectivity index (χ2v) is 4.13. The fraction of sp³-hybridized carbons (Fsp3) is 0.125. The molecule has 0 saturated heterocycles. The lowest BCUT2D eigenvalue weighted by Crippen LogP contribution is -2.28. The highest BCUT2D eigenvalue weighted by molar-refractivity contribution is 5.77. The molecule has 0 amide bonds. The van der Waals surface area contributed by atoms with Gasteiger partial charge in [0.25, 0.3) is 0 Å². The molecule has 0 aromatic heterocycles. The summed E-state index contributed by atoms with van der Waals surface area (Å²) in [4.78, 5) is 11.9. The van der Waals surface area contributed by atoms with Gasteiger partial charge in [0.05, 0.1) is 11.6 Å². The molecule has 0 aliphatic heterocycles. The van der Waals surface area contributed by atoms with Crippen molar-refractivity contribution in [1.29, 1.82) is 5.26 Å². The number of para-hydroxylation sites is 1. The summed E-state index contributed by atoms with van der Waals surface area (Å²) in [6.45, 7) is 1.62. The van der Waals surface area contributed by atoms with Gasteiger partial charge in [-0.25, -0.2) is 4.79 Å². The first-order valence-corrected chi connectivity index (χ1v) is 6.12. The van der Waals surface area contributed by atoms with Crippen LogP contribution >= 0.6 is 0 Å². The molecule has 1 atom stereocenters. The molecule has 0 saturated carbocycles. The first-order chi connectivity index (χ1) is 9.69. The lowest BCUT2D eigenvalue weighted by atomic mass is 10.2. The van der Waals surface area contributed by atoms with Gasteiger partial charge in [-0.3, -0.25) is 0 Å². The summed E-state index contributed by atoms with van der Waals surface area (Å²) in [7, 11) is 0. The van der Waals surface area contributed by atoms with E-state index in [4.69, 9.17) is 14.7 Å². The van der Waals surface area contributed by atoms with Gasteiger partial charge >= 0.3 is 5.97 Å². The van der Waals surface area contributed by atoms with E-state index in [1.807, 2.05) is 24.3 Å². The van der Waals surface area contributed by atoms with E-state index < -0.39 is 12.1 Å². The number of benzene rings is 2. The van der Waals surface area contributed by atoms with Gasteiger partial charge in [0.2, 0.25) is 0 Å². The maximum Gasteiger partial charge on any atom is 0.352 e. The van der Waals surface area contributed by atoms with E-state index in [-0.39, 0.29) is 0 Å². The van der Waals surface area contributed by atoms with E-state index in [1.165, 1.54) is 0 Å². The monoisotopic (exact) mass is 267 g/mol. The minimum Gasteiger partial charge on any atom is -0.479 e. The van der Waals surface area contributed by atoms with E-state index in [0.717, 1.165) is 0 Å². The van der Waals surface area contributed by atoms with Gasteiger partial charge in [0, 0.05) is 0 Å². The quantitative estimate of drug-likeness (QED) is 0.631. The van der Waals surface area contributed by atoms with Crippen LogP contribution in [-0.2, 0) is 4.79 Å². The van der Waals surface area contributed by atoms with Gasteiger partial charge < -0.3 is 9.47 Å². The molecule has 2 aromatic rings. The third-order valence-corrected chi connectivity index (χ3v) is 2.59. The number of carbonyl (C=O) groups is 1. The number of hydrogen-bond donors (Lipinski definition) is 0. The molecule has 0 aliphatic carbocycles. The topological polar surface area (TPSA) is 59.3 Å². The summed E-state index contributed by atoms with van der Waals surface area (Å²) >= 11 is 0. The van der Waals surface area contributed by atoms with Gasteiger partial charge in [-0.15, -0.1) is 0 Å². The van der Waals surface area contributed by atoms with Crippen molar-refractivity contribution < 1.29 is 14.3 Å². The average molecular weight is 267 g/mol. The van der Waals surface area contributed by atoms with E-state index >= 15 is 0 Å². The molecule has 0 aliphatic rings. The molecule has 4 nitrogen and oxygen atoms in total. The van der Waals surface area contributed by atoms with Crippen molar-refractivity contribution in [1.82, 2.24) is 0 Å². The molecule has 2 rings (SSSR count). The Kier molecular flexibility index (Phi) is 4.35. The van der Waals surface area contributed by atoms with Crippen LogP contribution < -0.4 is 9.47 Å². The van der Waals surface area contributed by atoms with Gasteiger partial charge in [-0.1, -0.05) is 18.2 Å². The molecule has 0 N–H and O–H groups in total. The molecule has 0 fully saturated rings. The minimum absolute atomic E-state index is 0.387. The summed E-state index contributed by atoms with van der Waals surface area (Å²) in [5.41, 5.74) is 0.512. The third kappa shape index (κ3) is 3.59. The van der Waals surface area contributed by atoms with Crippen molar-refractivity contribution in [3.05, 3.63) is 60.2 Å². The maximum atomic E-state index is 11.9. The molecule has 0 heterocycles. The van der Waals surface area contributed by atoms with Crippen molar-refractivity contribution in [3.8, 4) is 17.6 Å². The lowest BCUT2D eigenvalue weighted by molar-refractivity contribution is -0.141. The molecular weight excluding hydrogens is 254 g/mol. The molecule has 1 unspecified atom stereocenters. The SMILES string of the molecule is CC(Oc1ccccc1)C(=O)Oc1ccc(C#N)cc1. The summed E-state index contributed by atoms with van der Waals surface area (Å²) in [6.07, 6.45) is -0.715. The molecular formula is C16H13NO3. The van der Waals surface area contributed by atoms with Gasteiger partial charge in [-0.05, 0) is 43.3 Å². The first-order valence-electron chi connectivity index (χ1n) is 6.12. The number of nitriles is 1. The second-order valence-electron chi connectivity index (χ2n) is 4.13. The molecule has 4 heteroatoms. The van der Waals surface area contributed by atoms with Gasteiger partial charge in [0.1, 0.15) is 11.5 Å². The van der Waals surface area contributed by atoms with Crippen molar-refractivity contribution in [2.75, 3.05) is 0 Å². The number of nitrogens with zero attached hydrogens (tertiary/aromatic N) is 1. The second kappa shape index (κ2) is 6.39. The van der Waals surface area contributed by atoms with Crippen LogP contribution in [0.4, 0.5) is 0 Å². The highest BCUT2D eigenvalue weighted by Crippen LogP contribution is 2.15. The number of carbonyl (C=O) groups excluding carboxylic acids is 1. The number of hydrogen-bond acceptors (Lipinski definition) is 4. The maximum absolute atomic E-state index is 11.9. The predicted octanol–water partition coefficient (Wildman–Crippen LogP) is 2.93. The van der Waals surface area contributed by atoms with Crippen LogP contribution in [-0.4, -0.2) is 12.1 Å². The van der Waals surface area contributed by atoms with Crippen LogP contribution in [0.25, 0.3) is 0 Å². The van der Waals surface area contributed by atoms with Gasteiger partial charge in [0.15, 0.2) is 6.10 Å². The van der Waals surface area contributed by atoms with Crippen LogP contribution in [0, 0.1) is 11.3 Å². The lowest BCUT2D eigenvalue weighted by Gasteiger charge is -2.13. The molecule has 20 heavy (non-hydrogen) atoms. The van der Waals surface area contributed by atoms with E-state index in [9.17, 15) is 4.79 Å². The number of esters is 1. The van der Waals surface area contributed by atoms with Crippen LogP contribution in [0.1, 0.15) is 12.5 Å². The van der Waals surface area contributed by atoms with Crippen LogP contribution in [0.15, 0.2) is 54.6 Å². The van der Waals surface area contributed by atoms with Crippen molar-refractivity contribution in [3.63, 3.8) is 0 Å². The third-order valence-electron chi connectivity index (χ3n) is 2.59. The normalized spacial score (nSPS) is 11.2. The Morgan fingerprint density at radius 2 is 1.70 bits per heavy atom.